The van der Waals surface area contributed by atoms with Crippen molar-refractivity contribution in [3.63, 3.8) is 0 Å². The van der Waals surface area contributed by atoms with Gasteiger partial charge in [0.2, 0.25) is 0 Å². The van der Waals surface area contributed by atoms with Gasteiger partial charge < -0.3 is 38.4 Å². The maximum atomic E-state index is 12.4. The van der Waals surface area contributed by atoms with Gasteiger partial charge in [-0.2, -0.15) is 0 Å². The standard InChI is InChI=1S/C35H43ClN4O13/c1-21(38-39-37)8-6-7-9-25(53-29-11-10-24(36)15-28(29)40(17-33(44)50-4)18-34(45)51-5)20-52-30-12-23(19-41)27(35(46)47)16-26(30)22(13-31(42)48-2)14-32(43)49-3/h10-12,15-16,19,21-22,25H,6-9,13-14,17-18,20H2,1-5H3,(H,46,47). The highest BCUT2D eigenvalue weighted by molar-refractivity contribution is 6.31. The van der Waals surface area contributed by atoms with Gasteiger partial charge in [0.25, 0.3) is 0 Å². The number of esters is 4. The summed E-state index contributed by atoms with van der Waals surface area (Å²) in [6.07, 6.45) is 0.939. The minimum absolute atomic E-state index is 0.00479. The lowest BCUT2D eigenvalue weighted by Crippen LogP contribution is -2.36. The van der Waals surface area contributed by atoms with E-state index in [1.165, 1.54) is 49.5 Å². The molecule has 0 fully saturated rings. The SMILES string of the molecule is COC(=O)CC(CC(=O)OC)c1cc(C(=O)O)c(C=O)cc1OCC(CCCCC(C)N=[N+]=[N-])Oc1ccc(Cl)cc1N(CC(=O)OC)CC(=O)OC. The molecule has 2 aromatic carbocycles. The molecule has 0 aromatic heterocycles. The number of carboxylic acids is 1. The van der Waals surface area contributed by atoms with Crippen molar-refractivity contribution >= 4 is 53.4 Å². The first-order chi connectivity index (χ1) is 25.3. The van der Waals surface area contributed by atoms with E-state index in [4.69, 9.17) is 45.6 Å². The number of methoxy groups -OCH3 is 4. The number of benzene rings is 2. The zero-order valence-corrected chi connectivity index (χ0v) is 30.8. The topological polar surface area (TPSA) is 230 Å². The van der Waals surface area contributed by atoms with Crippen LogP contribution in [0.1, 0.15) is 77.6 Å². The highest BCUT2D eigenvalue weighted by Crippen LogP contribution is 2.36. The molecule has 2 atom stereocenters. The fraction of sp³-hybridized carbons (Fsp3) is 0.486. The fourth-order valence-electron chi connectivity index (χ4n) is 5.20. The number of hydrogen-bond donors (Lipinski definition) is 1. The number of carboxylic acid groups (broad SMARTS) is 1. The first-order valence-electron chi connectivity index (χ1n) is 16.3. The Morgan fingerprint density at radius 1 is 0.887 bits per heavy atom. The number of azide groups is 1. The Hall–Kier alpha value is -5.54. The summed E-state index contributed by atoms with van der Waals surface area (Å²) < 4.78 is 31.9. The molecule has 0 amide bonds. The molecular weight excluding hydrogens is 720 g/mol. The lowest BCUT2D eigenvalue weighted by Gasteiger charge is -2.28. The van der Waals surface area contributed by atoms with Crippen LogP contribution in [-0.4, -0.2) is 102 Å². The van der Waals surface area contributed by atoms with Crippen molar-refractivity contribution in [1.29, 1.82) is 0 Å². The van der Waals surface area contributed by atoms with E-state index in [1.807, 2.05) is 0 Å². The summed E-state index contributed by atoms with van der Waals surface area (Å²) in [4.78, 5) is 77.8. The van der Waals surface area contributed by atoms with Crippen molar-refractivity contribution < 1.29 is 62.3 Å². The van der Waals surface area contributed by atoms with Gasteiger partial charge in [-0.15, -0.1) is 0 Å². The normalized spacial score (nSPS) is 11.7. The average Bonchev–Trinajstić information content (AvgIpc) is 3.14. The molecule has 53 heavy (non-hydrogen) atoms. The summed E-state index contributed by atoms with van der Waals surface area (Å²) in [6.45, 7) is 0.829. The van der Waals surface area contributed by atoms with E-state index >= 15 is 0 Å². The van der Waals surface area contributed by atoms with Crippen LogP contribution in [0.2, 0.25) is 5.02 Å². The number of ether oxygens (including phenoxy) is 6. The third kappa shape index (κ3) is 14.2. The van der Waals surface area contributed by atoms with Gasteiger partial charge in [-0.1, -0.05) is 30.1 Å². The lowest BCUT2D eigenvalue weighted by atomic mass is 9.89. The van der Waals surface area contributed by atoms with Crippen LogP contribution in [0.4, 0.5) is 5.69 Å². The Balaban J connectivity index is 2.64. The Morgan fingerprint density at radius 3 is 2.00 bits per heavy atom. The van der Waals surface area contributed by atoms with Crippen LogP contribution in [-0.2, 0) is 38.1 Å². The maximum Gasteiger partial charge on any atom is 0.336 e. The molecule has 0 radical (unpaired) electrons. The van der Waals surface area contributed by atoms with E-state index in [1.54, 1.807) is 6.92 Å². The van der Waals surface area contributed by atoms with Gasteiger partial charge in [0.05, 0.1) is 52.5 Å². The van der Waals surface area contributed by atoms with Gasteiger partial charge in [-0.05, 0) is 60.7 Å². The number of hydrogen-bond acceptors (Lipinski definition) is 14. The summed E-state index contributed by atoms with van der Waals surface area (Å²) in [5.41, 5.74) is 8.54. The number of carbonyl (C=O) groups excluding carboxylic acids is 5. The minimum Gasteiger partial charge on any atom is -0.489 e. The van der Waals surface area contributed by atoms with Gasteiger partial charge in [-0.25, -0.2) is 4.79 Å². The number of carbonyl (C=O) groups is 6. The van der Waals surface area contributed by atoms with Crippen molar-refractivity contribution in [2.75, 3.05) is 53.0 Å². The van der Waals surface area contributed by atoms with Gasteiger partial charge >= 0.3 is 29.8 Å². The molecule has 18 heteroatoms. The second-order valence-electron chi connectivity index (χ2n) is 11.7. The van der Waals surface area contributed by atoms with Crippen LogP contribution < -0.4 is 14.4 Å². The second-order valence-corrected chi connectivity index (χ2v) is 12.1. The molecule has 1 N–H and O–H groups in total. The summed E-state index contributed by atoms with van der Waals surface area (Å²) in [6, 6.07) is 6.68. The van der Waals surface area contributed by atoms with Crippen molar-refractivity contribution in [1.82, 2.24) is 0 Å². The molecule has 0 heterocycles. The third-order valence-corrected chi connectivity index (χ3v) is 8.22. The second kappa shape index (κ2) is 22.4. The summed E-state index contributed by atoms with van der Waals surface area (Å²) in [5, 5.41) is 13.8. The number of nitrogens with zero attached hydrogens (tertiary/aromatic N) is 4. The van der Waals surface area contributed by atoms with Crippen molar-refractivity contribution in [3.05, 3.63) is 62.5 Å². The Bertz CT molecular complexity index is 1630. The molecule has 0 aliphatic rings. The van der Waals surface area contributed by atoms with E-state index in [9.17, 15) is 33.9 Å². The molecule has 0 aliphatic carbocycles. The molecule has 2 unspecified atom stereocenters. The first-order valence-corrected chi connectivity index (χ1v) is 16.7. The molecule has 0 bridgehead atoms. The van der Waals surface area contributed by atoms with Crippen molar-refractivity contribution in [3.8, 4) is 11.5 Å². The number of rotatable bonds is 23. The van der Waals surface area contributed by atoms with Crippen LogP contribution in [0.25, 0.3) is 10.4 Å². The molecule has 2 rings (SSSR count). The van der Waals surface area contributed by atoms with Crippen LogP contribution in [0.5, 0.6) is 11.5 Å². The Kier molecular flexibility index (Phi) is 18.4. The van der Waals surface area contributed by atoms with Crippen LogP contribution in [0, 0.1) is 0 Å². The van der Waals surface area contributed by atoms with Gasteiger partial charge in [0.15, 0.2) is 6.29 Å². The zero-order chi connectivity index (χ0) is 39.5. The zero-order valence-electron chi connectivity index (χ0n) is 30.1. The first kappa shape index (κ1) is 43.6. The molecule has 0 saturated heterocycles. The average molecular weight is 763 g/mol. The molecule has 2 aromatic rings. The number of aromatic carboxylic acids is 1. The molecule has 288 valence electrons. The smallest absolute Gasteiger partial charge is 0.336 e. The maximum absolute atomic E-state index is 12.4. The molecule has 0 aliphatic heterocycles. The lowest BCUT2D eigenvalue weighted by molar-refractivity contribution is -0.144. The van der Waals surface area contributed by atoms with Crippen molar-refractivity contribution in [2.24, 2.45) is 5.11 Å². The number of halogens is 1. The number of anilines is 1. The summed E-state index contributed by atoms with van der Waals surface area (Å²) in [7, 11) is 4.70. The van der Waals surface area contributed by atoms with Crippen molar-refractivity contribution in [2.45, 2.75) is 63.5 Å². The van der Waals surface area contributed by atoms with Gasteiger partial charge in [-0.3, -0.25) is 24.0 Å². The van der Waals surface area contributed by atoms with Gasteiger partial charge in [0.1, 0.15) is 37.3 Å². The van der Waals surface area contributed by atoms with Gasteiger partial charge in [0, 0.05) is 27.5 Å². The predicted octanol–water partition coefficient (Wildman–Crippen LogP) is 5.30. The Morgan fingerprint density at radius 2 is 1.47 bits per heavy atom. The monoisotopic (exact) mass is 762 g/mol. The van der Waals surface area contributed by atoms with Crippen LogP contribution >= 0.6 is 11.6 Å². The van der Waals surface area contributed by atoms with Crippen LogP contribution in [0.3, 0.4) is 0 Å². The van der Waals surface area contributed by atoms with E-state index in [2.05, 4.69) is 10.0 Å². The highest BCUT2D eigenvalue weighted by Gasteiger charge is 2.28. The molecular formula is C35H43ClN4O13. The van der Waals surface area contributed by atoms with E-state index in [0.29, 0.717) is 32.0 Å². The summed E-state index contributed by atoms with van der Waals surface area (Å²) in [5.74, 6) is -4.93. The summed E-state index contributed by atoms with van der Waals surface area (Å²) >= 11 is 6.33. The highest BCUT2D eigenvalue weighted by atomic mass is 35.5. The molecule has 0 spiro atoms. The number of unbranched alkanes of at least 4 members (excludes halogenated alkanes) is 1. The molecule has 0 saturated carbocycles. The van der Waals surface area contributed by atoms with E-state index in [-0.39, 0.29) is 77.5 Å². The van der Waals surface area contributed by atoms with E-state index < -0.39 is 41.9 Å². The Labute approximate surface area is 311 Å². The fourth-order valence-corrected chi connectivity index (χ4v) is 5.37. The molecule has 17 nitrogen and oxygen atoms in total. The predicted molar refractivity (Wildman–Crippen MR) is 189 cm³/mol. The van der Waals surface area contributed by atoms with Crippen LogP contribution in [0.15, 0.2) is 35.4 Å². The minimum atomic E-state index is -1.43. The third-order valence-electron chi connectivity index (χ3n) is 7.98. The van der Waals surface area contributed by atoms with E-state index in [0.717, 1.165) is 14.2 Å². The number of aldehydes is 1. The quantitative estimate of drug-likeness (QED) is 0.0288. The largest absolute Gasteiger partial charge is 0.489 e.